The van der Waals surface area contributed by atoms with Crippen LogP contribution in [0.2, 0.25) is 5.02 Å². The maximum absolute atomic E-state index is 12.1. The van der Waals surface area contributed by atoms with Gasteiger partial charge in [-0.15, -0.1) is 5.10 Å². The number of nitrogens with one attached hydrogen (secondary N) is 1. The molecule has 0 spiro atoms. The summed E-state index contributed by atoms with van der Waals surface area (Å²) in [6, 6.07) is 9.06. The summed E-state index contributed by atoms with van der Waals surface area (Å²) in [5, 5.41) is 11.6. The van der Waals surface area contributed by atoms with Crippen molar-refractivity contribution in [3.05, 3.63) is 59.1 Å². The Morgan fingerprint density at radius 1 is 1.29 bits per heavy atom. The highest BCUT2D eigenvalue weighted by Crippen LogP contribution is 2.12. The van der Waals surface area contributed by atoms with E-state index in [4.69, 9.17) is 16.3 Å². The number of rotatable bonds is 6. The minimum absolute atomic E-state index is 0.211. The number of halogens is 1. The molecule has 1 amide bonds. The molecule has 0 saturated heterocycles. The van der Waals surface area contributed by atoms with Gasteiger partial charge in [0.1, 0.15) is 13.1 Å². The van der Waals surface area contributed by atoms with Crippen LogP contribution in [0, 0.1) is 0 Å². The second kappa shape index (κ2) is 7.24. The van der Waals surface area contributed by atoms with Gasteiger partial charge in [-0.25, -0.2) is 14.3 Å². The maximum atomic E-state index is 12.1. The fourth-order valence-electron chi connectivity index (χ4n) is 2.10. The van der Waals surface area contributed by atoms with Crippen molar-refractivity contribution in [2.24, 2.45) is 0 Å². The van der Waals surface area contributed by atoms with E-state index in [1.54, 1.807) is 36.4 Å². The number of hydrogen-bond donors (Lipinski definition) is 1. The molecule has 3 aromatic rings. The first kappa shape index (κ1) is 16.2. The average Bonchev–Trinajstić information content (AvgIpc) is 3.17. The molecule has 0 fully saturated rings. The van der Waals surface area contributed by atoms with Gasteiger partial charge in [0, 0.05) is 18.3 Å². The van der Waals surface area contributed by atoms with Gasteiger partial charge in [0.2, 0.25) is 5.95 Å². The van der Waals surface area contributed by atoms with E-state index in [-0.39, 0.29) is 24.3 Å². The van der Waals surface area contributed by atoms with E-state index >= 15 is 0 Å². The lowest BCUT2D eigenvalue weighted by Crippen LogP contribution is -2.15. The Hall–Kier alpha value is -2.71. The van der Waals surface area contributed by atoms with Gasteiger partial charge in [0.25, 0.3) is 5.91 Å². The number of methoxy groups -OCH3 is 1. The zero-order chi connectivity index (χ0) is 16.9. The first-order valence-electron chi connectivity index (χ1n) is 7.11. The van der Waals surface area contributed by atoms with E-state index in [2.05, 4.69) is 20.5 Å². The molecule has 1 aromatic carbocycles. The number of carbonyl (C=O) groups is 1. The predicted molar refractivity (Wildman–Crippen MR) is 87.8 cm³/mol. The van der Waals surface area contributed by atoms with Crippen LogP contribution in [0.1, 0.15) is 16.1 Å². The Labute approximate surface area is 143 Å². The Bertz CT molecular complexity index is 844. The third-order valence-corrected chi connectivity index (χ3v) is 3.37. The molecule has 2 aromatic heterocycles. The molecular formula is C15H15ClN6O2. The first-order chi connectivity index (χ1) is 11.6. The van der Waals surface area contributed by atoms with Crippen LogP contribution in [0.25, 0.3) is 0 Å². The quantitative estimate of drug-likeness (QED) is 0.738. The summed E-state index contributed by atoms with van der Waals surface area (Å²) in [6.45, 7) is 0.783. The van der Waals surface area contributed by atoms with Gasteiger partial charge in [0.15, 0.2) is 5.69 Å². The molecule has 0 aliphatic heterocycles. The van der Waals surface area contributed by atoms with Crippen LogP contribution in [0.3, 0.4) is 0 Å². The van der Waals surface area contributed by atoms with Gasteiger partial charge in [-0.1, -0.05) is 23.7 Å². The second-order valence-electron chi connectivity index (χ2n) is 5.01. The van der Waals surface area contributed by atoms with Crippen molar-refractivity contribution in [3.63, 3.8) is 0 Å². The van der Waals surface area contributed by atoms with Crippen LogP contribution >= 0.6 is 11.6 Å². The van der Waals surface area contributed by atoms with Gasteiger partial charge < -0.3 is 4.74 Å². The normalized spacial score (nSPS) is 10.8. The largest absolute Gasteiger partial charge is 0.362 e. The summed E-state index contributed by atoms with van der Waals surface area (Å²) in [5.41, 5.74) is 1.25. The number of carbonyl (C=O) groups excluding carboxylic acids is 1. The zero-order valence-corrected chi connectivity index (χ0v) is 13.6. The van der Waals surface area contributed by atoms with Crippen LogP contribution in [0.5, 0.6) is 0 Å². The fourth-order valence-corrected chi connectivity index (χ4v) is 2.32. The van der Waals surface area contributed by atoms with Crippen molar-refractivity contribution in [2.45, 2.75) is 13.3 Å². The molecule has 0 saturated carbocycles. The van der Waals surface area contributed by atoms with Crippen molar-refractivity contribution < 1.29 is 9.53 Å². The number of anilines is 1. The monoisotopic (exact) mass is 346 g/mol. The zero-order valence-electron chi connectivity index (χ0n) is 12.9. The number of aromatic nitrogens is 5. The number of benzene rings is 1. The summed E-state index contributed by atoms with van der Waals surface area (Å²) in [6.07, 6.45) is 3.20. The molecular weight excluding hydrogens is 332 g/mol. The lowest BCUT2D eigenvalue weighted by Gasteiger charge is -2.01. The molecule has 0 radical (unpaired) electrons. The van der Waals surface area contributed by atoms with Gasteiger partial charge in [-0.2, -0.15) is 5.10 Å². The minimum atomic E-state index is -0.384. The van der Waals surface area contributed by atoms with Gasteiger partial charge >= 0.3 is 0 Å². The standard InChI is InChI=1S/C15H15ClN6O2/c1-24-10-21-6-5-13(19-21)14(23)18-15-17-9-22(20-15)8-11-3-2-4-12(16)7-11/h2-7,9H,8,10H2,1H3,(H,18,20,23). The van der Waals surface area contributed by atoms with Crippen molar-refractivity contribution in [1.29, 1.82) is 0 Å². The fraction of sp³-hybridized carbons (Fsp3) is 0.200. The third-order valence-electron chi connectivity index (χ3n) is 3.13. The number of hydrogen-bond acceptors (Lipinski definition) is 5. The van der Waals surface area contributed by atoms with Crippen LogP contribution in [0.4, 0.5) is 5.95 Å². The number of amides is 1. The van der Waals surface area contributed by atoms with Crippen LogP contribution < -0.4 is 5.32 Å². The SMILES string of the molecule is COCn1ccc(C(=O)Nc2ncn(Cc3cccc(Cl)c3)n2)n1. The molecule has 9 heteroatoms. The maximum Gasteiger partial charge on any atom is 0.278 e. The summed E-state index contributed by atoms with van der Waals surface area (Å²) in [4.78, 5) is 16.2. The topological polar surface area (TPSA) is 86.9 Å². The van der Waals surface area contributed by atoms with Gasteiger partial charge in [-0.3, -0.25) is 10.1 Å². The highest BCUT2D eigenvalue weighted by molar-refractivity contribution is 6.30. The van der Waals surface area contributed by atoms with Crippen molar-refractivity contribution in [2.75, 3.05) is 12.4 Å². The summed E-state index contributed by atoms with van der Waals surface area (Å²) in [7, 11) is 1.55. The Morgan fingerprint density at radius 2 is 2.17 bits per heavy atom. The second-order valence-corrected chi connectivity index (χ2v) is 5.44. The molecule has 8 nitrogen and oxygen atoms in total. The molecule has 1 N–H and O–H groups in total. The lowest BCUT2D eigenvalue weighted by molar-refractivity contribution is 0.101. The Kier molecular flexibility index (Phi) is 4.88. The predicted octanol–water partition coefficient (Wildman–Crippen LogP) is 2.03. The van der Waals surface area contributed by atoms with Crippen LogP contribution in [-0.4, -0.2) is 37.6 Å². The summed E-state index contributed by atoms with van der Waals surface area (Å²) < 4.78 is 8.07. The minimum Gasteiger partial charge on any atom is -0.362 e. The Balaban J connectivity index is 1.63. The van der Waals surface area contributed by atoms with E-state index in [1.807, 2.05) is 18.2 Å². The van der Waals surface area contributed by atoms with E-state index in [0.717, 1.165) is 5.56 Å². The van der Waals surface area contributed by atoms with E-state index < -0.39 is 0 Å². The summed E-state index contributed by atoms with van der Waals surface area (Å²) >= 11 is 5.96. The van der Waals surface area contributed by atoms with Crippen LogP contribution in [0.15, 0.2) is 42.9 Å². The third kappa shape index (κ3) is 3.98. The molecule has 24 heavy (non-hydrogen) atoms. The molecule has 0 bridgehead atoms. The van der Waals surface area contributed by atoms with Crippen molar-refractivity contribution in [3.8, 4) is 0 Å². The molecule has 0 aliphatic carbocycles. The smallest absolute Gasteiger partial charge is 0.278 e. The van der Waals surface area contributed by atoms with Crippen molar-refractivity contribution >= 4 is 23.5 Å². The molecule has 0 aliphatic rings. The highest BCUT2D eigenvalue weighted by atomic mass is 35.5. The average molecular weight is 347 g/mol. The number of nitrogens with zero attached hydrogens (tertiary/aromatic N) is 5. The first-order valence-corrected chi connectivity index (χ1v) is 7.49. The van der Waals surface area contributed by atoms with E-state index in [1.165, 1.54) is 4.68 Å². The van der Waals surface area contributed by atoms with Crippen LogP contribution in [-0.2, 0) is 18.0 Å². The molecule has 2 heterocycles. The van der Waals surface area contributed by atoms with E-state index in [9.17, 15) is 4.79 Å². The molecule has 0 unspecified atom stereocenters. The number of ether oxygens (including phenoxy) is 1. The van der Waals surface area contributed by atoms with Gasteiger partial charge in [0.05, 0.1) is 6.54 Å². The van der Waals surface area contributed by atoms with Gasteiger partial charge in [-0.05, 0) is 23.8 Å². The molecule has 124 valence electrons. The van der Waals surface area contributed by atoms with Crippen molar-refractivity contribution in [1.82, 2.24) is 24.5 Å². The highest BCUT2D eigenvalue weighted by Gasteiger charge is 2.12. The molecule has 0 atom stereocenters. The van der Waals surface area contributed by atoms with E-state index in [0.29, 0.717) is 11.6 Å². The lowest BCUT2D eigenvalue weighted by atomic mass is 10.2. The Morgan fingerprint density at radius 3 is 2.96 bits per heavy atom. The molecule has 3 rings (SSSR count). The summed E-state index contributed by atoms with van der Waals surface area (Å²) in [5.74, 6) is -0.173.